The Hall–Kier alpha value is -1.57. The third-order valence-corrected chi connectivity index (χ3v) is 3.87. The molecule has 0 bridgehead atoms. The maximum absolute atomic E-state index is 6.39. The summed E-state index contributed by atoms with van der Waals surface area (Å²) in [6.07, 6.45) is 4.26. The molecular weight excluding hydrogens is 268 g/mol. The molecule has 102 valence electrons. The molecule has 2 aromatic rings. The Bertz CT molecular complexity index is 628. The number of hydrogen-bond donors (Lipinski definition) is 0. The van der Waals surface area contributed by atoms with E-state index < -0.39 is 5.60 Å². The highest BCUT2D eigenvalue weighted by Gasteiger charge is 2.42. The van der Waals surface area contributed by atoms with Crippen molar-refractivity contribution in [2.45, 2.75) is 25.0 Å². The summed E-state index contributed by atoms with van der Waals surface area (Å²) in [4.78, 5) is 0. The normalized spacial score (nSPS) is 23.9. The average Bonchev–Trinajstić information content (AvgIpc) is 2.78. The van der Waals surface area contributed by atoms with Crippen LogP contribution < -0.4 is 0 Å². The fraction of sp³-hybridized carbons (Fsp3) is 0.222. The lowest BCUT2D eigenvalue weighted by atomic mass is 9.86. The minimum Gasteiger partial charge on any atom is -0.352 e. The van der Waals surface area contributed by atoms with Crippen molar-refractivity contribution in [1.29, 1.82) is 0 Å². The molecule has 2 heteroatoms. The molecule has 20 heavy (non-hydrogen) atoms. The predicted molar refractivity (Wildman–Crippen MR) is 83.0 cm³/mol. The van der Waals surface area contributed by atoms with E-state index in [0.717, 1.165) is 16.1 Å². The molecule has 0 spiro atoms. The minimum atomic E-state index is -0.532. The topological polar surface area (TPSA) is 9.23 Å². The van der Waals surface area contributed by atoms with E-state index in [2.05, 4.69) is 38.1 Å². The lowest BCUT2D eigenvalue weighted by Crippen LogP contribution is -2.32. The van der Waals surface area contributed by atoms with Crippen LogP contribution in [-0.4, -0.2) is 5.60 Å². The van der Waals surface area contributed by atoms with Gasteiger partial charge in [0, 0.05) is 5.02 Å². The smallest absolute Gasteiger partial charge is 0.138 e. The molecule has 0 radical (unpaired) electrons. The molecule has 1 aliphatic heterocycles. The van der Waals surface area contributed by atoms with Crippen LogP contribution in [0.2, 0.25) is 5.02 Å². The Morgan fingerprint density at radius 2 is 1.40 bits per heavy atom. The monoisotopic (exact) mass is 284 g/mol. The maximum atomic E-state index is 6.39. The van der Waals surface area contributed by atoms with E-state index in [1.54, 1.807) is 0 Å². The van der Waals surface area contributed by atoms with E-state index >= 15 is 0 Å². The van der Waals surface area contributed by atoms with Crippen molar-refractivity contribution in [1.82, 2.24) is 0 Å². The second-order valence-corrected chi connectivity index (χ2v) is 6.08. The van der Waals surface area contributed by atoms with Crippen LogP contribution in [-0.2, 0) is 10.3 Å². The van der Waals surface area contributed by atoms with E-state index in [4.69, 9.17) is 16.3 Å². The molecule has 1 heterocycles. The molecule has 0 N–H and O–H groups in total. The molecule has 2 aromatic carbocycles. The van der Waals surface area contributed by atoms with Gasteiger partial charge in [-0.25, -0.2) is 0 Å². The average molecular weight is 285 g/mol. The minimum absolute atomic E-state index is 0.282. The Labute approximate surface area is 124 Å². The van der Waals surface area contributed by atoms with Gasteiger partial charge in [-0.15, -0.1) is 0 Å². The van der Waals surface area contributed by atoms with E-state index in [9.17, 15) is 0 Å². The number of benzene rings is 2. The van der Waals surface area contributed by atoms with Crippen molar-refractivity contribution >= 4 is 11.6 Å². The summed E-state index contributed by atoms with van der Waals surface area (Å²) in [6.45, 7) is 4.15. The number of rotatable bonds is 2. The SMILES string of the molecule is CC1(C)C=C[C@](c2ccccc2)(c2ccc(Cl)cc2)O1. The fourth-order valence-electron chi connectivity index (χ4n) is 2.66. The van der Waals surface area contributed by atoms with Crippen molar-refractivity contribution in [3.63, 3.8) is 0 Å². The molecule has 0 aliphatic carbocycles. The van der Waals surface area contributed by atoms with Crippen molar-refractivity contribution in [2.24, 2.45) is 0 Å². The van der Waals surface area contributed by atoms with Gasteiger partial charge in [-0.1, -0.05) is 60.1 Å². The summed E-state index contributed by atoms with van der Waals surface area (Å²) in [5.41, 5.74) is 1.41. The molecule has 3 rings (SSSR count). The lowest BCUT2D eigenvalue weighted by Gasteiger charge is -2.33. The zero-order chi connectivity index (χ0) is 14.2. The molecule has 0 saturated carbocycles. The Balaban J connectivity index is 2.15. The molecule has 0 fully saturated rings. The Kier molecular flexibility index (Phi) is 3.19. The second kappa shape index (κ2) is 4.76. The zero-order valence-corrected chi connectivity index (χ0v) is 12.4. The number of ether oxygens (including phenoxy) is 1. The summed E-state index contributed by atoms with van der Waals surface area (Å²) >= 11 is 6.01. The first-order valence-corrected chi connectivity index (χ1v) is 7.12. The van der Waals surface area contributed by atoms with Gasteiger partial charge in [0.05, 0.1) is 5.60 Å². The largest absolute Gasteiger partial charge is 0.352 e. The molecular formula is C18H17ClO. The molecule has 0 amide bonds. The van der Waals surface area contributed by atoms with Crippen LogP contribution in [0.15, 0.2) is 66.7 Å². The third kappa shape index (κ3) is 2.28. The van der Waals surface area contributed by atoms with E-state index in [1.807, 2.05) is 42.5 Å². The highest BCUT2D eigenvalue weighted by atomic mass is 35.5. The van der Waals surface area contributed by atoms with Crippen molar-refractivity contribution in [2.75, 3.05) is 0 Å². The van der Waals surface area contributed by atoms with E-state index in [0.29, 0.717) is 0 Å². The summed E-state index contributed by atoms with van der Waals surface area (Å²) in [5.74, 6) is 0. The van der Waals surface area contributed by atoms with Gasteiger partial charge < -0.3 is 4.74 Å². The van der Waals surface area contributed by atoms with Crippen LogP contribution in [0.4, 0.5) is 0 Å². The van der Waals surface area contributed by atoms with Gasteiger partial charge in [0.1, 0.15) is 5.60 Å². The Morgan fingerprint density at radius 1 is 0.800 bits per heavy atom. The van der Waals surface area contributed by atoms with E-state index in [1.165, 1.54) is 0 Å². The summed E-state index contributed by atoms with van der Waals surface area (Å²) < 4.78 is 6.39. The fourth-order valence-corrected chi connectivity index (χ4v) is 2.79. The van der Waals surface area contributed by atoms with Crippen LogP contribution in [0.5, 0.6) is 0 Å². The van der Waals surface area contributed by atoms with Gasteiger partial charge in [-0.05, 0) is 43.2 Å². The quantitative estimate of drug-likeness (QED) is 0.709. The van der Waals surface area contributed by atoms with Crippen LogP contribution in [0.25, 0.3) is 0 Å². The van der Waals surface area contributed by atoms with Gasteiger partial charge in [-0.2, -0.15) is 0 Å². The van der Waals surface area contributed by atoms with Crippen LogP contribution in [0.1, 0.15) is 25.0 Å². The lowest BCUT2D eigenvalue weighted by molar-refractivity contribution is -0.0498. The molecule has 0 saturated heterocycles. The summed E-state index contributed by atoms with van der Waals surface area (Å²) in [7, 11) is 0. The molecule has 0 aromatic heterocycles. The van der Waals surface area contributed by atoms with Gasteiger partial charge in [-0.3, -0.25) is 0 Å². The third-order valence-electron chi connectivity index (χ3n) is 3.62. The first-order valence-electron chi connectivity index (χ1n) is 6.74. The molecule has 0 unspecified atom stereocenters. The second-order valence-electron chi connectivity index (χ2n) is 5.65. The maximum Gasteiger partial charge on any atom is 0.138 e. The van der Waals surface area contributed by atoms with Gasteiger partial charge >= 0.3 is 0 Å². The standard InChI is InChI=1S/C18H17ClO/c1-17(2)12-13-18(20-17,14-6-4-3-5-7-14)15-8-10-16(19)11-9-15/h3-13H,1-2H3/t18-/m0/s1. The first kappa shape index (κ1) is 13.4. The number of halogens is 1. The van der Waals surface area contributed by atoms with Crippen LogP contribution in [0, 0.1) is 0 Å². The summed E-state index contributed by atoms with van der Waals surface area (Å²) in [6, 6.07) is 18.2. The summed E-state index contributed by atoms with van der Waals surface area (Å²) in [5, 5.41) is 0.734. The number of hydrogen-bond acceptors (Lipinski definition) is 1. The van der Waals surface area contributed by atoms with Crippen molar-refractivity contribution < 1.29 is 4.74 Å². The molecule has 1 aliphatic rings. The van der Waals surface area contributed by atoms with Gasteiger partial charge in [0.25, 0.3) is 0 Å². The molecule has 1 nitrogen and oxygen atoms in total. The van der Waals surface area contributed by atoms with Crippen molar-refractivity contribution in [3.05, 3.63) is 82.9 Å². The van der Waals surface area contributed by atoms with Gasteiger partial charge in [0.15, 0.2) is 0 Å². The predicted octanol–water partition coefficient (Wildman–Crippen LogP) is 4.95. The first-order chi connectivity index (χ1) is 9.52. The highest BCUT2D eigenvalue weighted by molar-refractivity contribution is 6.30. The Morgan fingerprint density at radius 3 is 1.95 bits per heavy atom. The van der Waals surface area contributed by atoms with Crippen LogP contribution in [0.3, 0.4) is 0 Å². The van der Waals surface area contributed by atoms with E-state index in [-0.39, 0.29) is 5.60 Å². The van der Waals surface area contributed by atoms with Crippen LogP contribution >= 0.6 is 11.6 Å². The van der Waals surface area contributed by atoms with Crippen molar-refractivity contribution in [3.8, 4) is 0 Å². The zero-order valence-electron chi connectivity index (χ0n) is 11.6. The molecule has 1 atom stereocenters. The van der Waals surface area contributed by atoms with Gasteiger partial charge in [0.2, 0.25) is 0 Å². The highest BCUT2D eigenvalue weighted by Crippen LogP contribution is 2.44.